The van der Waals surface area contributed by atoms with Gasteiger partial charge in [0, 0.05) is 22.7 Å². The van der Waals surface area contributed by atoms with Gasteiger partial charge < -0.3 is 5.11 Å². The number of thiophene rings is 1. The number of ketones is 1. The minimum atomic E-state index is -0.507. The van der Waals surface area contributed by atoms with E-state index in [1.165, 1.54) is 25.3 Å². The first-order chi connectivity index (χ1) is 10.4. The van der Waals surface area contributed by atoms with Gasteiger partial charge in [0.15, 0.2) is 16.7 Å². The van der Waals surface area contributed by atoms with Gasteiger partial charge in [0.25, 0.3) is 5.56 Å². The first-order valence-electron chi connectivity index (χ1n) is 6.40. The number of rotatable bonds is 2. The third kappa shape index (κ3) is 2.12. The first-order valence-corrected chi connectivity index (χ1v) is 7.60. The predicted molar refractivity (Wildman–Crippen MR) is 87.0 cm³/mol. The number of Topliss-reactive ketones (excluding diaryl/α,β-unsaturated/α-hetero) is 1. The lowest BCUT2D eigenvalue weighted by atomic mass is 10.0. The van der Waals surface area contributed by atoms with Crippen LogP contribution < -0.4 is 5.56 Å². The van der Waals surface area contributed by atoms with Crippen molar-refractivity contribution in [2.75, 3.05) is 0 Å². The minimum Gasteiger partial charge on any atom is -0.504 e. The zero-order valence-electron chi connectivity index (χ0n) is 11.8. The highest BCUT2D eigenvalue weighted by molar-refractivity contribution is 7.21. The minimum absolute atomic E-state index is 0.00477. The summed E-state index contributed by atoms with van der Waals surface area (Å²) in [5.41, 5.74) is -0.0893. The predicted octanol–water partition coefficient (Wildman–Crippen LogP) is 3.22. The van der Waals surface area contributed by atoms with Crippen LogP contribution in [0.15, 0.2) is 29.1 Å². The highest BCUT2D eigenvalue weighted by Crippen LogP contribution is 2.42. The summed E-state index contributed by atoms with van der Waals surface area (Å²) in [7, 11) is 1.44. The Hall–Kier alpha value is -2.18. The molecule has 0 saturated carbocycles. The Balaban J connectivity index is 2.53. The van der Waals surface area contributed by atoms with E-state index in [0.29, 0.717) is 10.4 Å². The molecule has 2 aromatic heterocycles. The van der Waals surface area contributed by atoms with Gasteiger partial charge in [-0.05, 0) is 13.0 Å². The van der Waals surface area contributed by atoms with Crippen LogP contribution in [0.5, 0.6) is 5.75 Å². The Morgan fingerprint density at radius 3 is 2.68 bits per heavy atom. The van der Waals surface area contributed by atoms with Crippen molar-refractivity contribution in [3.8, 4) is 16.9 Å². The molecule has 2 heterocycles. The summed E-state index contributed by atoms with van der Waals surface area (Å²) in [6, 6.07) is 7.33. The summed E-state index contributed by atoms with van der Waals surface area (Å²) in [6.07, 6.45) is 0. The Bertz CT molecular complexity index is 975. The normalized spacial score (nSPS) is 11.0. The Labute approximate surface area is 134 Å². The SMILES string of the molecule is CC(=O)c1sc2ccccc2c1-c1c(O)c(Cl)nn(C)c1=O. The van der Waals surface area contributed by atoms with Crippen molar-refractivity contribution in [3.05, 3.63) is 44.6 Å². The molecule has 112 valence electrons. The molecule has 5 nitrogen and oxygen atoms in total. The van der Waals surface area contributed by atoms with Crippen molar-refractivity contribution in [3.63, 3.8) is 0 Å². The monoisotopic (exact) mass is 334 g/mol. The molecule has 0 atom stereocenters. The number of hydrogen-bond acceptors (Lipinski definition) is 5. The molecule has 0 aliphatic rings. The van der Waals surface area contributed by atoms with Crippen LogP contribution >= 0.6 is 22.9 Å². The van der Waals surface area contributed by atoms with Crippen molar-refractivity contribution in [1.29, 1.82) is 0 Å². The molecular weight excluding hydrogens is 324 g/mol. The molecule has 0 aliphatic carbocycles. The highest BCUT2D eigenvalue weighted by atomic mass is 35.5. The fraction of sp³-hybridized carbons (Fsp3) is 0.133. The standard InChI is InChI=1S/C15H11ClN2O3S/c1-7(19)13-10(8-5-3-4-6-9(8)22-13)11-12(20)14(16)17-18(2)15(11)21/h3-6,20H,1-2H3. The van der Waals surface area contributed by atoms with Crippen molar-refractivity contribution in [1.82, 2.24) is 9.78 Å². The highest BCUT2D eigenvalue weighted by Gasteiger charge is 2.24. The molecule has 0 radical (unpaired) electrons. The second-order valence-electron chi connectivity index (χ2n) is 4.80. The third-order valence-corrected chi connectivity index (χ3v) is 4.87. The number of hydrogen-bond donors (Lipinski definition) is 1. The first kappa shape index (κ1) is 14.7. The zero-order valence-corrected chi connectivity index (χ0v) is 13.3. The molecule has 0 spiro atoms. The van der Waals surface area contributed by atoms with Gasteiger partial charge >= 0.3 is 0 Å². The molecule has 0 aliphatic heterocycles. The molecule has 0 unspecified atom stereocenters. The summed E-state index contributed by atoms with van der Waals surface area (Å²) < 4.78 is 1.91. The van der Waals surface area contributed by atoms with Crippen molar-refractivity contribution in [2.24, 2.45) is 7.05 Å². The summed E-state index contributed by atoms with van der Waals surface area (Å²) in [5, 5.41) is 14.5. The maximum absolute atomic E-state index is 12.4. The van der Waals surface area contributed by atoms with E-state index in [4.69, 9.17) is 11.6 Å². The summed E-state index contributed by atoms with van der Waals surface area (Å²) in [4.78, 5) is 24.8. The van der Waals surface area contributed by atoms with E-state index in [9.17, 15) is 14.7 Å². The topological polar surface area (TPSA) is 72.2 Å². The number of benzene rings is 1. The molecule has 0 fully saturated rings. The second-order valence-corrected chi connectivity index (χ2v) is 6.21. The fourth-order valence-corrected chi connectivity index (χ4v) is 3.67. The van der Waals surface area contributed by atoms with E-state index in [1.807, 2.05) is 18.2 Å². The maximum atomic E-state index is 12.4. The number of carbonyl (C=O) groups excluding carboxylic acids is 1. The van der Waals surface area contributed by atoms with Gasteiger partial charge in [0.1, 0.15) is 0 Å². The number of aromatic nitrogens is 2. The smallest absolute Gasteiger partial charge is 0.278 e. The molecular formula is C15H11ClN2O3S. The molecule has 1 aromatic carbocycles. The number of carbonyl (C=O) groups is 1. The number of halogens is 1. The Morgan fingerprint density at radius 2 is 2.00 bits per heavy atom. The third-order valence-electron chi connectivity index (χ3n) is 3.34. The van der Waals surface area contributed by atoms with E-state index in [2.05, 4.69) is 5.10 Å². The van der Waals surface area contributed by atoms with Crippen LogP contribution in [-0.4, -0.2) is 20.7 Å². The molecule has 0 saturated heterocycles. The molecule has 7 heteroatoms. The number of fused-ring (bicyclic) bond motifs is 1. The summed E-state index contributed by atoms with van der Waals surface area (Å²) in [5.74, 6) is -0.582. The zero-order chi connectivity index (χ0) is 16.0. The van der Waals surface area contributed by atoms with E-state index >= 15 is 0 Å². The van der Waals surface area contributed by atoms with E-state index in [0.717, 1.165) is 14.8 Å². The molecule has 0 amide bonds. The van der Waals surface area contributed by atoms with Gasteiger partial charge in [-0.15, -0.1) is 11.3 Å². The largest absolute Gasteiger partial charge is 0.504 e. The van der Waals surface area contributed by atoms with Gasteiger partial charge in [0.05, 0.1) is 10.4 Å². The molecule has 1 N–H and O–H groups in total. The van der Waals surface area contributed by atoms with Crippen LogP contribution in [0.25, 0.3) is 21.2 Å². The van der Waals surface area contributed by atoms with Crippen LogP contribution in [0.3, 0.4) is 0 Å². The van der Waals surface area contributed by atoms with Gasteiger partial charge in [-0.25, -0.2) is 4.68 Å². The Morgan fingerprint density at radius 1 is 1.32 bits per heavy atom. The molecule has 0 bridgehead atoms. The maximum Gasteiger partial charge on any atom is 0.278 e. The van der Waals surface area contributed by atoms with Crippen molar-refractivity contribution >= 4 is 38.8 Å². The summed E-state index contributed by atoms with van der Waals surface area (Å²) >= 11 is 7.17. The quantitative estimate of drug-likeness (QED) is 0.730. The number of aromatic hydroxyl groups is 1. The van der Waals surface area contributed by atoms with Crippen LogP contribution in [0.4, 0.5) is 0 Å². The molecule has 22 heavy (non-hydrogen) atoms. The Kier molecular flexibility index (Phi) is 3.50. The number of aryl methyl sites for hydroxylation is 1. The van der Waals surface area contributed by atoms with Crippen LogP contribution in [-0.2, 0) is 7.05 Å². The van der Waals surface area contributed by atoms with E-state index in [-0.39, 0.29) is 16.5 Å². The van der Waals surface area contributed by atoms with Gasteiger partial charge in [-0.1, -0.05) is 29.8 Å². The van der Waals surface area contributed by atoms with Crippen LogP contribution in [0, 0.1) is 0 Å². The van der Waals surface area contributed by atoms with E-state index in [1.54, 1.807) is 6.07 Å². The average Bonchev–Trinajstić information content (AvgIpc) is 2.86. The molecule has 3 aromatic rings. The lowest BCUT2D eigenvalue weighted by molar-refractivity contribution is 0.102. The van der Waals surface area contributed by atoms with Crippen LogP contribution in [0.1, 0.15) is 16.6 Å². The molecule has 3 rings (SSSR count). The average molecular weight is 335 g/mol. The second kappa shape index (κ2) is 5.23. The van der Waals surface area contributed by atoms with Crippen LogP contribution in [0.2, 0.25) is 5.15 Å². The lowest BCUT2D eigenvalue weighted by Gasteiger charge is -2.08. The van der Waals surface area contributed by atoms with Crippen molar-refractivity contribution in [2.45, 2.75) is 6.92 Å². The summed E-state index contributed by atoms with van der Waals surface area (Å²) in [6.45, 7) is 1.43. The van der Waals surface area contributed by atoms with Gasteiger partial charge in [-0.3, -0.25) is 9.59 Å². The van der Waals surface area contributed by atoms with Crippen molar-refractivity contribution < 1.29 is 9.90 Å². The number of nitrogens with zero attached hydrogens (tertiary/aromatic N) is 2. The van der Waals surface area contributed by atoms with Gasteiger partial charge in [-0.2, -0.15) is 5.10 Å². The van der Waals surface area contributed by atoms with Gasteiger partial charge in [0.2, 0.25) is 0 Å². The van der Waals surface area contributed by atoms with E-state index < -0.39 is 11.3 Å². The lowest BCUT2D eigenvalue weighted by Crippen LogP contribution is -2.21. The fourth-order valence-electron chi connectivity index (χ4n) is 2.36.